The second kappa shape index (κ2) is 6.21. The molecule has 1 heterocycles. The zero-order valence-electron chi connectivity index (χ0n) is 17.2. The van der Waals surface area contributed by atoms with Crippen LogP contribution in [0.4, 0.5) is 0 Å². The van der Waals surface area contributed by atoms with Gasteiger partial charge in [-0.3, -0.25) is 0 Å². The van der Waals surface area contributed by atoms with Crippen molar-refractivity contribution in [2.24, 2.45) is 0 Å². The smallest absolute Gasteiger partial charge is 0.0433 e. The lowest BCUT2D eigenvalue weighted by atomic mass is 9.79. The first-order chi connectivity index (χ1) is 12.6. The Hall–Kier alpha value is -2.12. The van der Waals surface area contributed by atoms with E-state index in [2.05, 4.69) is 102 Å². The van der Waals surface area contributed by atoms with Crippen LogP contribution in [0, 0.1) is 0 Å². The maximum absolute atomic E-state index is 2.40. The van der Waals surface area contributed by atoms with Crippen LogP contribution in [-0.2, 0) is 10.8 Å². The molecule has 0 radical (unpaired) electrons. The molecule has 4 aromatic rings. The molecule has 0 bridgehead atoms. The molecule has 0 aliphatic heterocycles. The van der Waals surface area contributed by atoms with Gasteiger partial charge < -0.3 is 0 Å². The van der Waals surface area contributed by atoms with Gasteiger partial charge in [0, 0.05) is 20.2 Å². The average molecular weight is 373 g/mol. The number of hydrogen-bond donors (Lipinski definition) is 0. The molecule has 0 amide bonds. The molecule has 1 heteroatoms. The van der Waals surface area contributed by atoms with Crippen LogP contribution < -0.4 is 0 Å². The lowest BCUT2D eigenvalue weighted by Crippen LogP contribution is -2.16. The second-order valence-electron chi connectivity index (χ2n) is 9.58. The van der Waals surface area contributed by atoms with E-state index in [9.17, 15) is 0 Å². The van der Waals surface area contributed by atoms with Crippen molar-refractivity contribution in [3.8, 4) is 11.1 Å². The highest BCUT2D eigenvalue weighted by molar-refractivity contribution is 7.26. The number of fused-ring (bicyclic) bond motifs is 3. The highest BCUT2D eigenvalue weighted by Crippen LogP contribution is 2.41. The Labute approximate surface area is 166 Å². The molecule has 0 N–H and O–H groups in total. The Morgan fingerprint density at radius 2 is 1.22 bits per heavy atom. The standard InChI is InChI=1S/C26H28S/c1-25(2,3)18-14-17(15-19(16-18)26(4,5)6)20-11-9-12-22-21-10-7-8-13-23(21)27-24(20)22/h7-16H,1-6H3. The summed E-state index contributed by atoms with van der Waals surface area (Å²) in [6.07, 6.45) is 0. The van der Waals surface area contributed by atoms with Crippen molar-refractivity contribution in [3.63, 3.8) is 0 Å². The molecular weight excluding hydrogens is 344 g/mol. The van der Waals surface area contributed by atoms with Crippen LogP contribution in [0.15, 0.2) is 60.7 Å². The molecule has 0 saturated heterocycles. The van der Waals surface area contributed by atoms with Crippen molar-refractivity contribution in [1.29, 1.82) is 0 Å². The van der Waals surface area contributed by atoms with Gasteiger partial charge in [0.15, 0.2) is 0 Å². The van der Waals surface area contributed by atoms with Gasteiger partial charge in [0.2, 0.25) is 0 Å². The first kappa shape index (κ1) is 18.3. The minimum absolute atomic E-state index is 0.129. The van der Waals surface area contributed by atoms with Gasteiger partial charge in [-0.15, -0.1) is 11.3 Å². The van der Waals surface area contributed by atoms with Crippen LogP contribution in [0.5, 0.6) is 0 Å². The summed E-state index contributed by atoms with van der Waals surface area (Å²) in [5, 5.41) is 2.73. The van der Waals surface area contributed by atoms with E-state index in [4.69, 9.17) is 0 Å². The summed E-state index contributed by atoms with van der Waals surface area (Å²) in [4.78, 5) is 0. The topological polar surface area (TPSA) is 0 Å². The fourth-order valence-corrected chi connectivity index (χ4v) is 4.86. The fraction of sp³-hybridized carbons (Fsp3) is 0.308. The van der Waals surface area contributed by atoms with Gasteiger partial charge in [0.05, 0.1) is 0 Å². The van der Waals surface area contributed by atoms with Gasteiger partial charge >= 0.3 is 0 Å². The molecule has 3 aromatic carbocycles. The summed E-state index contributed by atoms with van der Waals surface area (Å²) in [6, 6.07) is 22.7. The lowest BCUT2D eigenvalue weighted by Gasteiger charge is -2.26. The van der Waals surface area contributed by atoms with Crippen molar-refractivity contribution in [2.75, 3.05) is 0 Å². The molecular formula is C26H28S. The molecule has 0 atom stereocenters. The summed E-state index contributed by atoms with van der Waals surface area (Å²) in [7, 11) is 0. The van der Waals surface area contributed by atoms with Crippen LogP contribution in [0.1, 0.15) is 52.7 Å². The van der Waals surface area contributed by atoms with Gasteiger partial charge in [-0.2, -0.15) is 0 Å². The van der Waals surface area contributed by atoms with Crippen LogP contribution in [0.3, 0.4) is 0 Å². The van der Waals surface area contributed by atoms with Crippen LogP contribution >= 0.6 is 11.3 Å². The first-order valence-electron chi connectivity index (χ1n) is 9.71. The van der Waals surface area contributed by atoms with Gasteiger partial charge in [-0.05, 0) is 39.2 Å². The van der Waals surface area contributed by atoms with E-state index in [1.807, 2.05) is 11.3 Å². The maximum atomic E-state index is 2.40. The predicted octanol–water partition coefficient (Wildman–Crippen LogP) is 8.32. The second-order valence-corrected chi connectivity index (χ2v) is 10.6. The Bertz CT molecular complexity index is 1100. The van der Waals surface area contributed by atoms with Crippen molar-refractivity contribution in [1.82, 2.24) is 0 Å². The fourth-order valence-electron chi connectivity index (χ4n) is 3.62. The summed E-state index contributed by atoms with van der Waals surface area (Å²) in [5.41, 5.74) is 5.76. The molecule has 0 aliphatic carbocycles. The molecule has 0 spiro atoms. The van der Waals surface area contributed by atoms with Crippen molar-refractivity contribution >= 4 is 31.5 Å². The van der Waals surface area contributed by atoms with Crippen molar-refractivity contribution in [2.45, 2.75) is 52.4 Å². The van der Waals surface area contributed by atoms with Gasteiger partial charge in [-0.25, -0.2) is 0 Å². The van der Waals surface area contributed by atoms with E-state index in [1.54, 1.807) is 0 Å². The van der Waals surface area contributed by atoms with Gasteiger partial charge in [0.1, 0.15) is 0 Å². The summed E-state index contributed by atoms with van der Waals surface area (Å²) >= 11 is 1.91. The molecule has 0 saturated carbocycles. The summed E-state index contributed by atoms with van der Waals surface area (Å²) in [6.45, 7) is 13.8. The molecule has 0 unspecified atom stereocenters. The highest BCUT2D eigenvalue weighted by Gasteiger charge is 2.21. The van der Waals surface area contributed by atoms with E-state index < -0.39 is 0 Å². The number of hydrogen-bond acceptors (Lipinski definition) is 1. The van der Waals surface area contributed by atoms with Gasteiger partial charge in [0.25, 0.3) is 0 Å². The van der Waals surface area contributed by atoms with Crippen molar-refractivity contribution in [3.05, 3.63) is 71.8 Å². The molecule has 27 heavy (non-hydrogen) atoms. The van der Waals surface area contributed by atoms with E-state index in [1.165, 1.54) is 42.4 Å². The Balaban J connectivity index is 2.03. The lowest BCUT2D eigenvalue weighted by molar-refractivity contribution is 0.569. The molecule has 1 aromatic heterocycles. The number of rotatable bonds is 1. The Kier molecular flexibility index (Phi) is 4.20. The predicted molar refractivity (Wildman–Crippen MR) is 122 cm³/mol. The molecule has 138 valence electrons. The quantitative estimate of drug-likeness (QED) is 0.315. The van der Waals surface area contributed by atoms with E-state index in [-0.39, 0.29) is 10.8 Å². The third-order valence-corrected chi connectivity index (χ3v) is 6.60. The van der Waals surface area contributed by atoms with Crippen LogP contribution in [0.25, 0.3) is 31.3 Å². The van der Waals surface area contributed by atoms with Gasteiger partial charge in [-0.1, -0.05) is 96.1 Å². The molecule has 0 nitrogen and oxygen atoms in total. The maximum Gasteiger partial charge on any atom is 0.0433 e. The Morgan fingerprint density at radius 3 is 1.85 bits per heavy atom. The van der Waals surface area contributed by atoms with Crippen LogP contribution in [-0.4, -0.2) is 0 Å². The first-order valence-corrected chi connectivity index (χ1v) is 10.5. The van der Waals surface area contributed by atoms with Crippen molar-refractivity contribution < 1.29 is 0 Å². The monoisotopic (exact) mass is 372 g/mol. The number of thiophene rings is 1. The van der Waals surface area contributed by atoms with E-state index in [0.717, 1.165) is 0 Å². The zero-order chi connectivity index (χ0) is 19.4. The summed E-state index contributed by atoms with van der Waals surface area (Å²) < 4.78 is 2.76. The van der Waals surface area contributed by atoms with E-state index >= 15 is 0 Å². The zero-order valence-corrected chi connectivity index (χ0v) is 18.0. The highest BCUT2D eigenvalue weighted by atomic mass is 32.1. The minimum atomic E-state index is 0.129. The molecule has 0 fully saturated rings. The third kappa shape index (κ3) is 3.30. The minimum Gasteiger partial charge on any atom is -0.135 e. The Morgan fingerprint density at radius 1 is 0.630 bits per heavy atom. The van der Waals surface area contributed by atoms with Crippen LogP contribution in [0.2, 0.25) is 0 Å². The number of benzene rings is 3. The van der Waals surface area contributed by atoms with E-state index in [0.29, 0.717) is 0 Å². The third-order valence-electron chi connectivity index (χ3n) is 5.38. The average Bonchev–Trinajstić information content (AvgIpc) is 2.98. The molecule has 0 aliphatic rings. The largest absolute Gasteiger partial charge is 0.135 e. The SMILES string of the molecule is CC(C)(C)c1cc(-c2cccc3c2sc2ccccc23)cc(C(C)(C)C)c1. The summed E-state index contributed by atoms with van der Waals surface area (Å²) in [5.74, 6) is 0. The normalized spacial score (nSPS) is 12.8. The molecule has 4 rings (SSSR count).